The monoisotopic (exact) mass is 375 g/mol. The van der Waals surface area contributed by atoms with Crippen molar-refractivity contribution in [2.24, 2.45) is 0 Å². The Morgan fingerprint density at radius 2 is 1.56 bits per heavy atom. The molecule has 0 saturated heterocycles. The Balaban J connectivity index is 1.49. The van der Waals surface area contributed by atoms with Crippen LogP contribution in [0.1, 0.15) is 5.76 Å². The average molecular weight is 376 g/mol. The quantitative estimate of drug-likeness (QED) is 0.662. The number of benzene rings is 2. The molecule has 6 heteroatoms. The molecular weight excluding hydrogens is 361 g/mol. The number of carbonyl (C=O) groups excluding carboxylic acids is 1. The van der Waals surface area contributed by atoms with Gasteiger partial charge in [-0.2, -0.15) is 0 Å². The zero-order valence-corrected chi connectivity index (χ0v) is 14.7. The van der Waals surface area contributed by atoms with Crippen molar-refractivity contribution >= 4 is 29.1 Å². The van der Waals surface area contributed by atoms with Gasteiger partial charge in [0.2, 0.25) is 0 Å². The third-order valence-corrected chi connectivity index (χ3v) is 3.94. The highest BCUT2D eigenvalue weighted by molar-refractivity contribution is 6.30. The molecule has 0 atom stereocenters. The average Bonchev–Trinajstić information content (AvgIpc) is 3.09. The Hall–Kier alpha value is -2.43. The smallest absolute Gasteiger partial charge is 0.258 e. The number of ether oxygens (including phenoxy) is 1. The van der Waals surface area contributed by atoms with E-state index in [9.17, 15) is 4.79 Å². The van der Waals surface area contributed by atoms with Crippen molar-refractivity contribution in [2.75, 3.05) is 6.61 Å². The molecule has 3 rings (SSSR count). The molecule has 128 valence electrons. The van der Waals surface area contributed by atoms with Crippen LogP contribution in [0.25, 0.3) is 11.3 Å². The van der Waals surface area contributed by atoms with Crippen LogP contribution in [-0.2, 0) is 11.3 Å². The lowest BCUT2D eigenvalue weighted by atomic mass is 10.2. The Labute approximate surface area is 155 Å². The van der Waals surface area contributed by atoms with E-state index in [0.717, 1.165) is 11.3 Å². The molecule has 0 radical (unpaired) electrons. The molecule has 2 aromatic carbocycles. The summed E-state index contributed by atoms with van der Waals surface area (Å²) >= 11 is 11.7. The molecule has 0 aliphatic rings. The second kappa shape index (κ2) is 8.10. The van der Waals surface area contributed by atoms with Crippen molar-refractivity contribution in [2.45, 2.75) is 6.54 Å². The second-order valence-electron chi connectivity index (χ2n) is 5.29. The summed E-state index contributed by atoms with van der Waals surface area (Å²) in [4.78, 5) is 11.9. The van der Waals surface area contributed by atoms with E-state index in [1.165, 1.54) is 0 Å². The molecule has 3 aromatic rings. The molecule has 0 fully saturated rings. The van der Waals surface area contributed by atoms with Crippen molar-refractivity contribution < 1.29 is 13.9 Å². The Morgan fingerprint density at radius 3 is 2.24 bits per heavy atom. The standard InChI is InChI=1S/C19H15Cl2NO3/c20-14-3-1-13(2-4-14)18-10-9-17(25-18)11-22-19(23)12-24-16-7-5-15(21)6-8-16/h1-10H,11-12H2,(H,22,23). The van der Waals surface area contributed by atoms with Gasteiger partial charge in [-0.05, 0) is 60.7 Å². The highest BCUT2D eigenvalue weighted by Crippen LogP contribution is 2.23. The van der Waals surface area contributed by atoms with Crippen LogP contribution >= 0.6 is 23.2 Å². The highest BCUT2D eigenvalue weighted by atomic mass is 35.5. The minimum atomic E-state index is -0.237. The lowest BCUT2D eigenvalue weighted by Crippen LogP contribution is -2.28. The summed E-state index contributed by atoms with van der Waals surface area (Å²) in [6.07, 6.45) is 0. The van der Waals surface area contributed by atoms with Crippen LogP contribution in [0.15, 0.2) is 65.1 Å². The van der Waals surface area contributed by atoms with Crippen molar-refractivity contribution in [3.8, 4) is 17.1 Å². The number of nitrogens with one attached hydrogen (secondary N) is 1. The van der Waals surface area contributed by atoms with E-state index in [1.54, 1.807) is 36.4 Å². The van der Waals surface area contributed by atoms with E-state index in [1.807, 2.05) is 24.3 Å². The molecule has 0 aliphatic carbocycles. The molecule has 1 N–H and O–H groups in total. The van der Waals surface area contributed by atoms with Gasteiger partial charge in [0.1, 0.15) is 17.3 Å². The normalized spacial score (nSPS) is 10.5. The van der Waals surface area contributed by atoms with E-state index >= 15 is 0 Å². The van der Waals surface area contributed by atoms with Gasteiger partial charge in [-0.1, -0.05) is 23.2 Å². The number of rotatable bonds is 6. The Kier molecular flexibility index (Phi) is 5.64. The fourth-order valence-electron chi connectivity index (χ4n) is 2.16. The number of carbonyl (C=O) groups is 1. The first-order valence-corrected chi connectivity index (χ1v) is 8.35. The van der Waals surface area contributed by atoms with E-state index in [0.29, 0.717) is 21.6 Å². The van der Waals surface area contributed by atoms with Gasteiger partial charge in [-0.3, -0.25) is 4.79 Å². The lowest BCUT2D eigenvalue weighted by molar-refractivity contribution is -0.123. The molecule has 0 spiro atoms. The van der Waals surface area contributed by atoms with Crippen molar-refractivity contribution in [3.63, 3.8) is 0 Å². The first-order chi connectivity index (χ1) is 12.1. The van der Waals surface area contributed by atoms with Gasteiger partial charge >= 0.3 is 0 Å². The van der Waals surface area contributed by atoms with Crippen LogP contribution in [0.2, 0.25) is 10.0 Å². The number of furan rings is 1. The van der Waals surface area contributed by atoms with Gasteiger partial charge in [0.05, 0.1) is 6.54 Å². The number of hydrogen-bond donors (Lipinski definition) is 1. The molecule has 4 nitrogen and oxygen atoms in total. The maximum Gasteiger partial charge on any atom is 0.258 e. The fraction of sp³-hybridized carbons (Fsp3) is 0.105. The van der Waals surface area contributed by atoms with Crippen molar-refractivity contribution in [1.82, 2.24) is 5.32 Å². The zero-order valence-electron chi connectivity index (χ0n) is 13.2. The number of hydrogen-bond acceptors (Lipinski definition) is 3. The van der Waals surface area contributed by atoms with Gasteiger partial charge in [-0.15, -0.1) is 0 Å². The van der Waals surface area contributed by atoms with Crippen LogP contribution in [-0.4, -0.2) is 12.5 Å². The third kappa shape index (κ3) is 5.02. The molecule has 0 aliphatic heterocycles. The third-order valence-electron chi connectivity index (χ3n) is 3.43. The maximum atomic E-state index is 11.9. The Bertz CT molecular complexity index is 842. The molecule has 0 saturated carbocycles. The topological polar surface area (TPSA) is 51.5 Å². The van der Waals surface area contributed by atoms with Gasteiger partial charge in [0.15, 0.2) is 6.61 Å². The summed E-state index contributed by atoms with van der Waals surface area (Å²) in [5.41, 5.74) is 0.924. The summed E-state index contributed by atoms with van der Waals surface area (Å²) in [6.45, 7) is 0.211. The van der Waals surface area contributed by atoms with E-state index in [-0.39, 0.29) is 19.1 Å². The molecule has 1 aromatic heterocycles. The molecule has 25 heavy (non-hydrogen) atoms. The van der Waals surface area contributed by atoms with Crippen LogP contribution in [0.4, 0.5) is 0 Å². The summed E-state index contributed by atoms with van der Waals surface area (Å²) < 4.78 is 11.1. The molecular formula is C19H15Cl2NO3. The van der Waals surface area contributed by atoms with Crippen LogP contribution in [0.5, 0.6) is 5.75 Å². The van der Waals surface area contributed by atoms with Gasteiger partial charge in [0, 0.05) is 15.6 Å². The summed E-state index contributed by atoms with van der Waals surface area (Å²) in [7, 11) is 0. The first kappa shape index (κ1) is 17.4. The highest BCUT2D eigenvalue weighted by Gasteiger charge is 2.07. The summed E-state index contributed by atoms with van der Waals surface area (Å²) in [6, 6.07) is 17.9. The largest absolute Gasteiger partial charge is 0.484 e. The van der Waals surface area contributed by atoms with Crippen LogP contribution < -0.4 is 10.1 Å². The molecule has 1 amide bonds. The molecule has 1 heterocycles. The van der Waals surface area contributed by atoms with E-state index in [4.69, 9.17) is 32.4 Å². The lowest BCUT2D eigenvalue weighted by Gasteiger charge is -2.06. The van der Waals surface area contributed by atoms with Gasteiger partial charge < -0.3 is 14.5 Å². The number of halogens is 2. The SMILES string of the molecule is O=C(COc1ccc(Cl)cc1)NCc1ccc(-c2ccc(Cl)cc2)o1. The summed E-state index contributed by atoms with van der Waals surface area (Å²) in [5.74, 6) is 1.73. The van der Waals surface area contributed by atoms with E-state index < -0.39 is 0 Å². The first-order valence-electron chi connectivity index (χ1n) is 7.60. The molecule has 0 unspecified atom stereocenters. The number of amides is 1. The van der Waals surface area contributed by atoms with Gasteiger partial charge in [0.25, 0.3) is 5.91 Å². The minimum Gasteiger partial charge on any atom is -0.484 e. The Morgan fingerprint density at radius 1 is 0.920 bits per heavy atom. The fourth-order valence-corrected chi connectivity index (χ4v) is 2.41. The van der Waals surface area contributed by atoms with Crippen molar-refractivity contribution in [3.05, 3.63) is 76.5 Å². The molecule has 0 bridgehead atoms. The van der Waals surface area contributed by atoms with Crippen LogP contribution in [0.3, 0.4) is 0 Å². The minimum absolute atomic E-state index is 0.0770. The van der Waals surface area contributed by atoms with Gasteiger partial charge in [-0.25, -0.2) is 0 Å². The van der Waals surface area contributed by atoms with E-state index in [2.05, 4.69) is 5.32 Å². The predicted molar refractivity (Wildman–Crippen MR) is 97.9 cm³/mol. The summed E-state index contributed by atoms with van der Waals surface area (Å²) in [5, 5.41) is 4.04. The predicted octanol–water partition coefficient (Wildman–Crippen LogP) is 4.95. The van der Waals surface area contributed by atoms with Crippen molar-refractivity contribution in [1.29, 1.82) is 0 Å². The zero-order chi connectivity index (χ0) is 17.6. The van der Waals surface area contributed by atoms with Crippen LogP contribution in [0, 0.1) is 0 Å². The maximum absolute atomic E-state index is 11.9. The second-order valence-corrected chi connectivity index (χ2v) is 6.17.